The molecule has 0 atom stereocenters. The van der Waals surface area contributed by atoms with Crippen LogP contribution in [0, 0.1) is 13.8 Å². The molecular formula is C23H25BrN2O2S2. The van der Waals surface area contributed by atoms with Gasteiger partial charge in [-0.3, -0.25) is 0 Å². The quantitative estimate of drug-likeness (QED) is 0.414. The van der Waals surface area contributed by atoms with Gasteiger partial charge in [0.15, 0.2) is 15.0 Å². The molecule has 0 N–H and O–H groups in total. The van der Waals surface area contributed by atoms with E-state index in [1.807, 2.05) is 12.1 Å². The first kappa shape index (κ1) is 21.5. The van der Waals surface area contributed by atoms with E-state index in [0.717, 1.165) is 21.7 Å². The first-order valence-electron chi connectivity index (χ1n) is 10.1. The van der Waals surface area contributed by atoms with E-state index >= 15 is 0 Å². The van der Waals surface area contributed by atoms with Crippen LogP contribution >= 0.6 is 27.3 Å². The number of benzene rings is 2. The number of rotatable bonds is 5. The van der Waals surface area contributed by atoms with Gasteiger partial charge >= 0.3 is 0 Å². The third-order valence-electron chi connectivity index (χ3n) is 5.93. The van der Waals surface area contributed by atoms with Gasteiger partial charge in [0.1, 0.15) is 0 Å². The number of halogens is 1. The lowest BCUT2D eigenvalue weighted by Gasteiger charge is -2.31. The second-order valence-corrected chi connectivity index (χ2v) is 11.4. The SMILES string of the molecule is Cc1cccc(-c2csc(N3CCC(S(=O)(=O)c4ccc(CBr)cc4)CC3)n2)c1C. The van der Waals surface area contributed by atoms with Crippen molar-refractivity contribution in [2.45, 2.75) is 42.2 Å². The third-order valence-corrected chi connectivity index (χ3v) is 9.76. The first-order chi connectivity index (χ1) is 14.4. The van der Waals surface area contributed by atoms with Crippen LogP contribution in [-0.2, 0) is 15.2 Å². The molecule has 0 radical (unpaired) electrons. The number of nitrogens with zero attached hydrogens (tertiary/aromatic N) is 2. The molecule has 0 spiro atoms. The van der Waals surface area contributed by atoms with Crippen molar-refractivity contribution in [2.75, 3.05) is 18.0 Å². The molecule has 1 aromatic heterocycles. The van der Waals surface area contributed by atoms with E-state index in [1.54, 1.807) is 23.5 Å². The number of sulfone groups is 1. The molecule has 0 saturated carbocycles. The predicted octanol–water partition coefficient (Wildman–Crippen LogP) is 5.76. The molecule has 0 amide bonds. The Morgan fingerprint density at radius 1 is 1.10 bits per heavy atom. The molecule has 4 rings (SSSR count). The van der Waals surface area contributed by atoms with Crippen molar-refractivity contribution in [1.82, 2.24) is 4.98 Å². The molecule has 1 aliphatic heterocycles. The standard InChI is InChI=1S/C23H25BrN2O2S2/c1-16-4-3-5-21(17(16)2)22-15-29-23(25-22)26-12-10-20(11-13-26)30(27,28)19-8-6-18(14-24)7-9-19/h3-9,15,20H,10-14H2,1-2H3. The molecular weight excluding hydrogens is 480 g/mol. The summed E-state index contributed by atoms with van der Waals surface area (Å²) in [7, 11) is -3.30. The summed E-state index contributed by atoms with van der Waals surface area (Å²) in [5, 5.41) is 3.47. The minimum Gasteiger partial charge on any atom is -0.348 e. The summed E-state index contributed by atoms with van der Waals surface area (Å²) in [5.41, 5.74) is 5.76. The summed E-state index contributed by atoms with van der Waals surface area (Å²) in [6, 6.07) is 13.5. The van der Waals surface area contributed by atoms with Crippen LogP contribution in [0.4, 0.5) is 5.13 Å². The van der Waals surface area contributed by atoms with Gasteiger partial charge in [-0.15, -0.1) is 11.3 Å². The fraction of sp³-hybridized carbons (Fsp3) is 0.348. The summed E-state index contributed by atoms with van der Waals surface area (Å²) < 4.78 is 26.1. The number of alkyl halides is 1. The highest BCUT2D eigenvalue weighted by Crippen LogP contribution is 2.33. The van der Waals surface area contributed by atoms with Crippen molar-refractivity contribution in [1.29, 1.82) is 0 Å². The monoisotopic (exact) mass is 504 g/mol. The number of aromatic nitrogens is 1. The van der Waals surface area contributed by atoms with E-state index < -0.39 is 9.84 Å². The van der Waals surface area contributed by atoms with E-state index in [1.165, 1.54) is 16.7 Å². The fourth-order valence-electron chi connectivity index (χ4n) is 3.88. The molecule has 1 saturated heterocycles. The van der Waals surface area contributed by atoms with Crippen molar-refractivity contribution in [2.24, 2.45) is 0 Å². The van der Waals surface area contributed by atoms with Gasteiger partial charge in [-0.1, -0.05) is 46.3 Å². The van der Waals surface area contributed by atoms with Crippen LogP contribution in [0.5, 0.6) is 0 Å². The molecule has 0 aliphatic carbocycles. The van der Waals surface area contributed by atoms with Gasteiger partial charge in [-0.25, -0.2) is 13.4 Å². The van der Waals surface area contributed by atoms with E-state index in [0.29, 0.717) is 30.8 Å². The Balaban J connectivity index is 1.46. The van der Waals surface area contributed by atoms with E-state index in [4.69, 9.17) is 4.98 Å². The zero-order valence-corrected chi connectivity index (χ0v) is 20.4. The molecule has 2 aromatic carbocycles. The van der Waals surface area contributed by atoms with Gasteiger partial charge in [0.25, 0.3) is 0 Å². The van der Waals surface area contributed by atoms with Crippen molar-refractivity contribution in [3.63, 3.8) is 0 Å². The smallest absolute Gasteiger partial charge is 0.185 e. The van der Waals surface area contributed by atoms with Crippen molar-refractivity contribution < 1.29 is 8.42 Å². The second kappa shape index (κ2) is 8.81. The minimum absolute atomic E-state index is 0.331. The molecule has 1 fully saturated rings. The van der Waals surface area contributed by atoms with Crippen LogP contribution in [0.15, 0.2) is 52.7 Å². The molecule has 2 heterocycles. The molecule has 1 aliphatic rings. The summed E-state index contributed by atoms with van der Waals surface area (Å²) in [6.45, 7) is 5.67. The number of aryl methyl sites for hydroxylation is 1. The summed E-state index contributed by atoms with van der Waals surface area (Å²) in [5.74, 6) is 0. The zero-order chi connectivity index (χ0) is 21.3. The average Bonchev–Trinajstić information content (AvgIpc) is 3.26. The van der Waals surface area contributed by atoms with E-state index in [2.05, 4.69) is 58.3 Å². The highest BCUT2D eigenvalue weighted by atomic mass is 79.9. The summed E-state index contributed by atoms with van der Waals surface area (Å²) >= 11 is 5.04. The molecule has 0 unspecified atom stereocenters. The Morgan fingerprint density at radius 2 is 1.80 bits per heavy atom. The number of hydrogen-bond donors (Lipinski definition) is 0. The second-order valence-electron chi connectivity index (χ2n) is 7.77. The number of thiazole rings is 1. The van der Waals surface area contributed by atoms with Gasteiger partial charge < -0.3 is 4.90 Å². The largest absolute Gasteiger partial charge is 0.348 e. The average molecular weight is 506 g/mol. The molecule has 30 heavy (non-hydrogen) atoms. The fourth-order valence-corrected chi connectivity index (χ4v) is 6.86. The van der Waals surface area contributed by atoms with Crippen LogP contribution in [0.25, 0.3) is 11.3 Å². The molecule has 4 nitrogen and oxygen atoms in total. The normalized spacial score (nSPS) is 15.5. The van der Waals surface area contributed by atoms with Crippen LogP contribution < -0.4 is 4.90 Å². The topological polar surface area (TPSA) is 50.3 Å². The van der Waals surface area contributed by atoms with Crippen molar-refractivity contribution >= 4 is 42.2 Å². The van der Waals surface area contributed by atoms with Crippen LogP contribution in [0.3, 0.4) is 0 Å². The maximum absolute atomic E-state index is 13.0. The maximum atomic E-state index is 13.0. The summed E-state index contributed by atoms with van der Waals surface area (Å²) in [4.78, 5) is 7.51. The highest BCUT2D eigenvalue weighted by molar-refractivity contribution is 9.08. The Hall–Kier alpha value is -1.70. The van der Waals surface area contributed by atoms with Crippen LogP contribution in [-0.4, -0.2) is 31.7 Å². The number of anilines is 1. The number of hydrogen-bond acceptors (Lipinski definition) is 5. The summed E-state index contributed by atoms with van der Waals surface area (Å²) in [6.07, 6.45) is 1.25. The molecule has 158 valence electrons. The van der Waals surface area contributed by atoms with E-state index in [9.17, 15) is 8.42 Å². The molecule has 3 aromatic rings. The minimum atomic E-state index is -3.30. The van der Waals surface area contributed by atoms with Gasteiger partial charge in [-0.05, 0) is 55.5 Å². The van der Waals surface area contributed by atoms with Crippen molar-refractivity contribution in [3.8, 4) is 11.3 Å². The zero-order valence-electron chi connectivity index (χ0n) is 17.1. The third kappa shape index (κ3) is 4.20. The lowest BCUT2D eigenvalue weighted by atomic mass is 10.0. The Labute approximate surface area is 191 Å². The Bertz CT molecular complexity index is 1130. The molecule has 0 bridgehead atoms. The lowest BCUT2D eigenvalue weighted by molar-refractivity contribution is 0.529. The van der Waals surface area contributed by atoms with E-state index in [-0.39, 0.29) is 5.25 Å². The van der Waals surface area contributed by atoms with Gasteiger partial charge in [0.2, 0.25) is 0 Å². The van der Waals surface area contributed by atoms with Crippen LogP contribution in [0.2, 0.25) is 0 Å². The lowest BCUT2D eigenvalue weighted by Crippen LogP contribution is -2.39. The first-order valence-corrected chi connectivity index (χ1v) is 13.6. The maximum Gasteiger partial charge on any atom is 0.185 e. The Kier molecular flexibility index (Phi) is 6.32. The van der Waals surface area contributed by atoms with Crippen LogP contribution in [0.1, 0.15) is 29.5 Å². The predicted molar refractivity (Wildman–Crippen MR) is 129 cm³/mol. The molecule has 7 heteroatoms. The van der Waals surface area contributed by atoms with Gasteiger partial charge in [0, 0.05) is 29.4 Å². The van der Waals surface area contributed by atoms with Gasteiger partial charge in [0.05, 0.1) is 15.8 Å². The van der Waals surface area contributed by atoms with Crippen molar-refractivity contribution in [3.05, 3.63) is 64.5 Å². The highest BCUT2D eigenvalue weighted by Gasteiger charge is 2.32. The van der Waals surface area contributed by atoms with Gasteiger partial charge in [-0.2, -0.15) is 0 Å². The number of piperidine rings is 1. The Morgan fingerprint density at radius 3 is 2.47 bits per heavy atom.